The van der Waals surface area contributed by atoms with Crippen LogP contribution in [0, 0.1) is 6.92 Å². The number of esters is 1. The molecule has 0 aliphatic carbocycles. The summed E-state index contributed by atoms with van der Waals surface area (Å²) in [4.78, 5) is 11.8. The lowest BCUT2D eigenvalue weighted by molar-refractivity contribution is -0.138. The van der Waals surface area contributed by atoms with Crippen LogP contribution < -0.4 is 4.74 Å². The summed E-state index contributed by atoms with van der Waals surface area (Å²) >= 11 is 0. The number of cyclic esters (lactones) is 1. The van der Waals surface area contributed by atoms with Gasteiger partial charge in [0.05, 0.1) is 7.11 Å². The molecule has 0 fully saturated rings. The Morgan fingerprint density at radius 1 is 1.17 bits per heavy atom. The van der Waals surface area contributed by atoms with Crippen molar-refractivity contribution in [3.05, 3.63) is 65.2 Å². The van der Waals surface area contributed by atoms with E-state index in [1.165, 1.54) is 6.08 Å². The minimum absolute atomic E-state index is 0.216. The molecule has 0 saturated carbocycles. The molecular weight excluding hydrogens is 292 g/mol. The average Bonchev–Trinajstić information content (AvgIpc) is 2.89. The lowest BCUT2D eigenvalue weighted by atomic mass is 9.95. The molecule has 1 aliphatic heterocycles. The standard InChI is InChI=1S/C19H18O4/c1-12-3-8-15(17(9-12)22-2)16-11-19(21)23-18(16)10-13-4-6-14(20)7-5-13/h3-9,11,18,20H,10H2,1-2H3. The Bertz CT molecular complexity index is 759. The second kappa shape index (κ2) is 6.16. The summed E-state index contributed by atoms with van der Waals surface area (Å²) in [6, 6.07) is 12.8. The molecule has 118 valence electrons. The van der Waals surface area contributed by atoms with Crippen molar-refractivity contribution in [3.63, 3.8) is 0 Å². The Labute approximate surface area is 135 Å². The first-order valence-electron chi connectivity index (χ1n) is 7.42. The number of carbonyl (C=O) groups excluding carboxylic acids is 1. The molecule has 0 amide bonds. The molecule has 23 heavy (non-hydrogen) atoms. The Balaban J connectivity index is 1.92. The van der Waals surface area contributed by atoms with E-state index in [4.69, 9.17) is 9.47 Å². The van der Waals surface area contributed by atoms with E-state index in [0.29, 0.717) is 6.42 Å². The lowest BCUT2D eigenvalue weighted by Crippen LogP contribution is -2.15. The predicted octanol–water partition coefficient (Wildman–Crippen LogP) is 3.26. The van der Waals surface area contributed by atoms with Crippen LogP contribution in [0.3, 0.4) is 0 Å². The number of methoxy groups -OCH3 is 1. The molecule has 1 aliphatic rings. The maximum absolute atomic E-state index is 11.8. The minimum Gasteiger partial charge on any atom is -0.508 e. The van der Waals surface area contributed by atoms with Gasteiger partial charge in [-0.05, 0) is 36.2 Å². The van der Waals surface area contributed by atoms with Crippen molar-refractivity contribution in [1.29, 1.82) is 0 Å². The molecule has 1 atom stereocenters. The van der Waals surface area contributed by atoms with Gasteiger partial charge >= 0.3 is 5.97 Å². The summed E-state index contributed by atoms with van der Waals surface area (Å²) in [6.07, 6.45) is 1.72. The number of hydrogen-bond acceptors (Lipinski definition) is 4. The number of aromatic hydroxyl groups is 1. The molecule has 0 aromatic heterocycles. The number of phenols is 1. The molecule has 0 bridgehead atoms. The van der Waals surface area contributed by atoms with Gasteiger partial charge in [0.2, 0.25) is 0 Å². The number of rotatable bonds is 4. The van der Waals surface area contributed by atoms with E-state index in [-0.39, 0.29) is 17.8 Å². The molecule has 1 N–H and O–H groups in total. The molecule has 0 saturated heterocycles. The van der Waals surface area contributed by atoms with Crippen LogP contribution in [0.25, 0.3) is 5.57 Å². The average molecular weight is 310 g/mol. The number of carbonyl (C=O) groups is 1. The van der Waals surface area contributed by atoms with Crippen molar-refractivity contribution in [1.82, 2.24) is 0 Å². The normalized spacial score (nSPS) is 16.9. The van der Waals surface area contributed by atoms with Crippen molar-refractivity contribution in [3.8, 4) is 11.5 Å². The third-order valence-electron chi connectivity index (χ3n) is 3.90. The van der Waals surface area contributed by atoms with Crippen LogP contribution in [-0.2, 0) is 16.0 Å². The van der Waals surface area contributed by atoms with Crippen molar-refractivity contribution in [2.45, 2.75) is 19.4 Å². The first-order chi connectivity index (χ1) is 11.1. The van der Waals surface area contributed by atoms with E-state index >= 15 is 0 Å². The highest BCUT2D eigenvalue weighted by atomic mass is 16.5. The van der Waals surface area contributed by atoms with Gasteiger partial charge < -0.3 is 14.6 Å². The minimum atomic E-state index is -0.358. The number of aryl methyl sites for hydroxylation is 1. The lowest BCUT2D eigenvalue weighted by Gasteiger charge is -2.17. The predicted molar refractivity (Wildman–Crippen MR) is 87.4 cm³/mol. The third-order valence-corrected chi connectivity index (χ3v) is 3.90. The van der Waals surface area contributed by atoms with Gasteiger partial charge in [-0.1, -0.05) is 24.3 Å². The molecule has 0 radical (unpaired) electrons. The quantitative estimate of drug-likeness (QED) is 0.881. The largest absolute Gasteiger partial charge is 0.508 e. The summed E-state index contributed by atoms with van der Waals surface area (Å²) in [7, 11) is 1.62. The Kier molecular flexibility index (Phi) is 4.06. The van der Waals surface area contributed by atoms with E-state index in [9.17, 15) is 9.90 Å². The fourth-order valence-corrected chi connectivity index (χ4v) is 2.74. The number of benzene rings is 2. The highest BCUT2D eigenvalue weighted by Gasteiger charge is 2.29. The maximum Gasteiger partial charge on any atom is 0.331 e. The van der Waals surface area contributed by atoms with Gasteiger partial charge in [0, 0.05) is 23.6 Å². The van der Waals surface area contributed by atoms with Crippen molar-refractivity contribution < 1.29 is 19.4 Å². The molecule has 3 rings (SSSR count). The highest BCUT2D eigenvalue weighted by Crippen LogP contribution is 2.35. The van der Waals surface area contributed by atoms with Crippen LogP contribution >= 0.6 is 0 Å². The van der Waals surface area contributed by atoms with Gasteiger partial charge in [0.1, 0.15) is 17.6 Å². The summed E-state index contributed by atoms with van der Waals surface area (Å²) in [6.45, 7) is 1.99. The fourth-order valence-electron chi connectivity index (χ4n) is 2.74. The fraction of sp³-hybridized carbons (Fsp3) is 0.211. The van der Waals surface area contributed by atoms with E-state index < -0.39 is 0 Å². The first-order valence-corrected chi connectivity index (χ1v) is 7.42. The van der Waals surface area contributed by atoms with Gasteiger partial charge in [0.25, 0.3) is 0 Å². The monoisotopic (exact) mass is 310 g/mol. The zero-order valence-electron chi connectivity index (χ0n) is 13.1. The molecule has 2 aromatic rings. The molecule has 2 aromatic carbocycles. The van der Waals surface area contributed by atoms with E-state index in [0.717, 1.165) is 28.0 Å². The van der Waals surface area contributed by atoms with E-state index in [2.05, 4.69) is 0 Å². The highest BCUT2D eigenvalue weighted by molar-refractivity contribution is 5.98. The Morgan fingerprint density at radius 3 is 2.61 bits per heavy atom. The topological polar surface area (TPSA) is 55.8 Å². The van der Waals surface area contributed by atoms with Crippen molar-refractivity contribution in [2.24, 2.45) is 0 Å². The smallest absolute Gasteiger partial charge is 0.331 e. The van der Waals surface area contributed by atoms with Gasteiger partial charge in [-0.2, -0.15) is 0 Å². The molecule has 1 unspecified atom stereocenters. The third kappa shape index (κ3) is 3.21. The van der Waals surface area contributed by atoms with Gasteiger partial charge in [-0.25, -0.2) is 4.79 Å². The van der Waals surface area contributed by atoms with Crippen LogP contribution in [0.4, 0.5) is 0 Å². The second-order valence-electron chi connectivity index (χ2n) is 5.60. The van der Waals surface area contributed by atoms with Gasteiger partial charge in [-0.15, -0.1) is 0 Å². The number of ether oxygens (including phenoxy) is 2. The number of phenolic OH excluding ortho intramolecular Hbond substituents is 1. The Morgan fingerprint density at radius 2 is 1.91 bits per heavy atom. The molecule has 1 heterocycles. The maximum atomic E-state index is 11.8. The van der Waals surface area contributed by atoms with Crippen LogP contribution in [0.2, 0.25) is 0 Å². The van der Waals surface area contributed by atoms with E-state index in [1.54, 1.807) is 19.2 Å². The summed E-state index contributed by atoms with van der Waals surface area (Å²) in [5, 5.41) is 9.37. The van der Waals surface area contributed by atoms with Crippen LogP contribution in [0.15, 0.2) is 48.5 Å². The molecule has 0 spiro atoms. The number of hydrogen-bond donors (Lipinski definition) is 1. The SMILES string of the molecule is COc1cc(C)ccc1C1=CC(=O)OC1Cc1ccc(O)cc1. The van der Waals surface area contributed by atoms with Crippen LogP contribution in [0.5, 0.6) is 11.5 Å². The Hall–Kier alpha value is -2.75. The van der Waals surface area contributed by atoms with Gasteiger partial charge in [0.15, 0.2) is 0 Å². The van der Waals surface area contributed by atoms with Crippen LogP contribution in [0.1, 0.15) is 16.7 Å². The van der Waals surface area contributed by atoms with Crippen molar-refractivity contribution >= 4 is 11.5 Å². The summed E-state index contributed by atoms with van der Waals surface area (Å²) in [5.41, 5.74) is 3.76. The zero-order valence-corrected chi connectivity index (χ0v) is 13.1. The van der Waals surface area contributed by atoms with E-state index in [1.807, 2.05) is 37.3 Å². The zero-order chi connectivity index (χ0) is 16.4. The first kappa shape index (κ1) is 15.2. The summed E-state index contributed by atoms with van der Waals surface area (Å²) < 4.78 is 10.9. The van der Waals surface area contributed by atoms with Crippen LogP contribution in [-0.4, -0.2) is 24.3 Å². The summed E-state index contributed by atoms with van der Waals surface area (Å²) in [5.74, 6) is 0.602. The van der Waals surface area contributed by atoms with Gasteiger partial charge in [-0.3, -0.25) is 0 Å². The molecular formula is C19H18O4. The molecule has 4 heteroatoms. The van der Waals surface area contributed by atoms with Crippen molar-refractivity contribution in [2.75, 3.05) is 7.11 Å². The second-order valence-corrected chi connectivity index (χ2v) is 5.60. The molecule has 4 nitrogen and oxygen atoms in total.